The second kappa shape index (κ2) is 4.80. The number of hydrogen-bond acceptors (Lipinski definition) is 5. The number of ketones is 1. The molecule has 1 heterocycles. The van der Waals surface area contributed by atoms with Crippen LogP contribution >= 0.6 is 0 Å². The van der Waals surface area contributed by atoms with E-state index in [-0.39, 0.29) is 18.9 Å². The molecule has 0 saturated heterocycles. The summed E-state index contributed by atoms with van der Waals surface area (Å²) in [4.78, 5) is 15.5. The van der Waals surface area contributed by atoms with E-state index in [2.05, 4.69) is 4.98 Å². The predicted molar refractivity (Wildman–Crippen MR) is 51.5 cm³/mol. The molecule has 5 heteroatoms. The fourth-order valence-electron chi connectivity index (χ4n) is 1.11. The van der Waals surface area contributed by atoms with E-state index in [0.717, 1.165) is 0 Å². The van der Waals surface area contributed by atoms with Gasteiger partial charge in [-0.25, -0.2) is 0 Å². The lowest BCUT2D eigenvalue weighted by Gasteiger charge is -2.09. The van der Waals surface area contributed by atoms with Crippen molar-refractivity contribution in [2.24, 2.45) is 11.5 Å². The fourth-order valence-corrected chi connectivity index (χ4v) is 1.11. The summed E-state index contributed by atoms with van der Waals surface area (Å²) in [6.45, 7) is -0.197. The second-order valence-electron chi connectivity index (χ2n) is 2.86. The van der Waals surface area contributed by atoms with Crippen molar-refractivity contribution in [1.82, 2.24) is 4.98 Å². The lowest BCUT2D eigenvalue weighted by molar-refractivity contribution is 0.0924. The summed E-state index contributed by atoms with van der Waals surface area (Å²) >= 11 is 0. The molecule has 0 fully saturated rings. The normalized spacial score (nSPS) is 12.5. The highest BCUT2D eigenvalue weighted by molar-refractivity contribution is 6.00. The van der Waals surface area contributed by atoms with Crippen LogP contribution in [0.2, 0.25) is 0 Å². The number of aliphatic hydroxyl groups is 1. The molecule has 0 unspecified atom stereocenters. The van der Waals surface area contributed by atoms with Crippen LogP contribution in [0.25, 0.3) is 0 Å². The zero-order valence-electron chi connectivity index (χ0n) is 7.68. The molecule has 0 aliphatic rings. The van der Waals surface area contributed by atoms with E-state index in [1.165, 1.54) is 0 Å². The Kier molecular flexibility index (Phi) is 3.70. The Morgan fingerprint density at radius 3 is 2.93 bits per heavy atom. The number of carbonyl (C=O) groups is 1. The van der Waals surface area contributed by atoms with E-state index in [9.17, 15) is 4.79 Å². The zero-order valence-corrected chi connectivity index (χ0v) is 7.68. The maximum Gasteiger partial charge on any atom is 0.183 e. The van der Waals surface area contributed by atoms with Crippen molar-refractivity contribution in [2.75, 3.05) is 6.61 Å². The number of Topliss-reactive ketones (excluding diaryl/α,β-unsaturated/α-hetero) is 1. The fraction of sp³-hybridized carbons (Fsp3) is 0.333. The highest BCUT2D eigenvalue weighted by Gasteiger charge is 2.17. The van der Waals surface area contributed by atoms with E-state index in [1.807, 2.05) is 0 Å². The Hall–Kier alpha value is -1.30. The van der Waals surface area contributed by atoms with E-state index in [0.29, 0.717) is 11.3 Å². The number of aromatic nitrogens is 1. The molecule has 0 saturated carbocycles. The van der Waals surface area contributed by atoms with Crippen LogP contribution in [0.3, 0.4) is 0 Å². The summed E-state index contributed by atoms with van der Waals surface area (Å²) in [6, 6.07) is 2.34. The molecule has 1 rings (SSSR count). The zero-order chi connectivity index (χ0) is 10.6. The third-order valence-corrected chi connectivity index (χ3v) is 1.88. The minimum Gasteiger partial charge on any atom is -0.394 e. The third-order valence-electron chi connectivity index (χ3n) is 1.88. The Labute approximate surface area is 81.7 Å². The van der Waals surface area contributed by atoms with Crippen molar-refractivity contribution >= 4 is 5.78 Å². The number of pyridine rings is 1. The van der Waals surface area contributed by atoms with Gasteiger partial charge in [0.05, 0.1) is 18.3 Å². The summed E-state index contributed by atoms with van der Waals surface area (Å²) in [7, 11) is 0. The van der Waals surface area contributed by atoms with Gasteiger partial charge in [-0.05, 0) is 12.1 Å². The maximum absolute atomic E-state index is 11.6. The number of rotatable bonds is 4. The van der Waals surface area contributed by atoms with Gasteiger partial charge in [0.15, 0.2) is 5.78 Å². The molecule has 0 spiro atoms. The minimum absolute atomic E-state index is 0.181. The van der Waals surface area contributed by atoms with Gasteiger partial charge in [-0.15, -0.1) is 0 Å². The standard InChI is InChI=1S/C9H13N3O2/c10-4-8-6(2-1-3-12-8)9(14)7(11)5-13/h1-3,7,13H,4-5,10-11H2/t7-/m0/s1. The van der Waals surface area contributed by atoms with Crippen LogP contribution in [-0.2, 0) is 6.54 Å². The Bertz CT molecular complexity index is 328. The Morgan fingerprint density at radius 2 is 2.36 bits per heavy atom. The quantitative estimate of drug-likeness (QED) is 0.537. The number of nitrogens with two attached hydrogens (primary N) is 2. The lowest BCUT2D eigenvalue weighted by Crippen LogP contribution is -2.35. The SMILES string of the molecule is NCc1ncccc1C(=O)[C@@H](N)CO. The number of hydrogen-bond donors (Lipinski definition) is 3. The first-order chi connectivity index (χ1) is 6.70. The van der Waals surface area contributed by atoms with Crippen LogP contribution in [0.4, 0.5) is 0 Å². The summed E-state index contributed by atoms with van der Waals surface area (Å²) < 4.78 is 0. The van der Waals surface area contributed by atoms with Crippen molar-refractivity contribution < 1.29 is 9.90 Å². The van der Waals surface area contributed by atoms with E-state index < -0.39 is 6.04 Å². The van der Waals surface area contributed by atoms with Crippen molar-refractivity contribution in [3.63, 3.8) is 0 Å². The first-order valence-electron chi connectivity index (χ1n) is 4.25. The molecule has 14 heavy (non-hydrogen) atoms. The molecule has 0 bridgehead atoms. The van der Waals surface area contributed by atoms with Gasteiger partial charge in [-0.2, -0.15) is 0 Å². The number of carbonyl (C=O) groups excluding carboxylic acids is 1. The molecule has 1 atom stereocenters. The molecule has 0 amide bonds. The molecule has 0 aromatic carbocycles. The number of nitrogens with zero attached hydrogens (tertiary/aromatic N) is 1. The monoisotopic (exact) mass is 195 g/mol. The summed E-state index contributed by atoms with van der Waals surface area (Å²) in [5.41, 5.74) is 11.7. The minimum atomic E-state index is -0.899. The highest BCUT2D eigenvalue weighted by atomic mass is 16.3. The summed E-state index contributed by atoms with van der Waals surface area (Å²) in [5.74, 6) is -0.332. The van der Waals surface area contributed by atoms with E-state index in [1.54, 1.807) is 18.3 Å². The molecule has 0 radical (unpaired) electrons. The summed E-state index contributed by atoms with van der Waals surface area (Å²) in [6.07, 6.45) is 1.56. The molecule has 1 aromatic rings. The molecular formula is C9H13N3O2. The molecule has 76 valence electrons. The van der Waals surface area contributed by atoms with Gasteiger partial charge in [-0.1, -0.05) is 0 Å². The first-order valence-corrected chi connectivity index (χ1v) is 4.25. The third kappa shape index (κ3) is 2.14. The average molecular weight is 195 g/mol. The smallest absolute Gasteiger partial charge is 0.183 e. The van der Waals surface area contributed by atoms with E-state index in [4.69, 9.17) is 16.6 Å². The Morgan fingerprint density at radius 1 is 1.64 bits per heavy atom. The van der Waals surface area contributed by atoms with Crippen LogP contribution < -0.4 is 11.5 Å². The van der Waals surface area contributed by atoms with Crippen LogP contribution in [0.5, 0.6) is 0 Å². The van der Waals surface area contributed by atoms with Gasteiger partial charge in [-0.3, -0.25) is 9.78 Å². The van der Waals surface area contributed by atoms with Gasteiger partial charge in [0.1, 0.15) is 0 Å². The van der Waals surface area contributed by atoms with Gasteiger partial charge in [0, 0.05) is 18.3 Å². The van der Waals surface area contributed by atoms with Gasteiger partial charge < -0.3 is 16.6 Å². The van der Waals surface area contributed by atoms with Crippen molar-refractivity contribution in [2.45, 2.75) is 12.6 Å². The molecule has 0 aliphatic heterocycles. The molecule has 0 aliphatic carbocycles. The average Bonchev–Trinajstić information content (AvgIpc) is 2.26. The van der Waals surface area contributed by atoms with Crippen LogP contribution in [0.15, 0.2) is 18.3 Å². The molecule has 1 aromatic heterocycles. The van der Waals surface area contributed by atoms with Crippen molar-refractivity contribution in [1.29, 1.82) is 0 Å². The van der Waals surface area contributed by atoms with Crippen LogP contribution in [-0.4, -0.2) is 28.5 Å². The largest absolute Gasteiger partial charge is 0.394 e. The lowest BCUT2D eigenvalue weighted by atomic mass is 10.0. The van der Waals surface area contributed by atoms with Crippen molar-refractivity contribution in [3.8, 4) is 0 Å². The molecular weight excluding hydrogens is 182 g/mol. The predicted octanol–water partition coefficient (Wildman–Crippen LogP) is -0.957. The Balaban J connectivity index is 3.00. The molecule has 5 nitrogen and oxygen atoms in total. The number of aliphatic hydroxyl groups excluding tert-OH is 1. The van der Waals surface area contributed by atoms with Crippen LogP contribution in [0.1, 0.15) is 16.1 Å². The van der Waals surface area contributed by atoms with E-state index >= 15 is 0 Å². The first kappa shape index (κ1) is 10.8. The van der Waals surface area contributed by atoms with Crippen LogP contribution in [0, 0.1) is 0 Å². The van der Waals surface area contributed by atoms with Crippen molar-refractivity contribution in [3.05, 3.63) is 29.6 Å². The van der Waals surface area contributed by atoms with Gasteiger partial charge >= 0.3 is 0 Å². The van der Waals surface area contributed by atoms with Gasteiger partial charge in [0.25, 0.3) is 0 Å². The van der Waals surface area contributed by atoms with Gasteiger partial charge in [0.2, 0.25) is 0 Å². The molecule has 5 N–H and O–H groups in total. The highest BCUT2D eigenvalue weighted by Crippen LogP contribution is 2.07. The topological polar surface area (TPSA) is 102 Å². The second-order valence-corrected chi connectivity index (χ2v) is 2.86. The maximum atomic E-state index is 11.6. The summed E-state index contributed by atoms with van der Waals surface area (Å²) in [5, 5.41) is 8.73.